The molecule has 0 bridgehead atoms. The fourth-order valence-electron chi connectivity index (χ4n) is 2.77. The van der Waals surface area contributed by atoms with Crippen LogP contribution in [0.5, 0.6) is 0 Å². The molecule has 0 unspecified atom stereocenters. The summed E-state index contributed by atoms with van der Waals surface area (Å²) in [7, 11) is -4.59. The molecule has 1 aromatic carbocycles. The Bertz CT molecular complexity index is 796. The lowest BCUT2D eigenvalue weighted by Gasteiger charge is -2.34. The van der Waals surface area contributed by atoms with E-state index in [2.05, 4.69) is 0 Å². The summed E-state index contributed by atoms with van der Waals surface area (Å²) in [5, 5.41) is 0. The number of rotatable bonds is 4. The summed E-state index contributed by atoms with van der Waals surface area (Å²) in [6, 6.07) is 0.263. The number of nitrogens with zero attached hydrogens (tertiary/aromatic N) is 2. The molecule has 0 saturated carbocycles. The van der Waals surface area contributed by atoms with Crippen molar-refractivity contribution in [3.8, 4) is 0 Å². The summed E-state index contributed by atoms with van der Waals surface area (Å²) in [5.74, 6) is -0.182. The molecule has 28 heavy (non-hydrogen) atoms. The molecule has 0 atom stereocenters. The van der Waals surface area contributed by atoms with E-state index in [4.69, 9.17) is 0 Å². The van der Waals surface area contributed by atoms with Crippen molar-refractivity contribution < 1.29 is 39.6 Å². The van der Waals surface area contributed by atoms with Gasteiger partial charge in [-0.3, -0.25) is 4.79 Å². The molecule has 1 fully saturated rings. The highest BCUT2D eigenvalue weighted by molar-refractivity contribution is 7.89. The van der Waals surface area contributed by atoms with E-state index in [1.807, 2.05) is 0 Å². The van der Waals surface area contributed by atoms with Crippen LogP contribution in [0.15, 0.2) is 23.1 Å². The molecule has 1 saturated heterocycles. The number of alkyl halides is 6. The average molecular weight is 432 g/mol. The summed E-state index contributed by atoms with van der Waals surface area (Å²) in [4.78, 5) is 12.2. The third-order valence-electron chi connectivity index (χ3n) is 4.25. The minimum Gasteiger partial charge on any atom is -0.340 e. The second-order valence-electron chi connectivity index (χ2n) is 6.28. The molecule has 5 nitrogen and oxygen atoms in total. The molecule has 1 heterocycles. The first kappa shape index (κ1) is 22.5. The second-order valence-corrected chi connectivity index (χ2v) is 8.21. The number of benzene rings is 1. The smallest absolute Gasteiger partial charge is 0.340 e. The van der Waals surface area contributed by atoms with Gasteiger partial charge < -0.3 is 4.90 Å². The van der Waals surface area contributed by atoms with E-state index in [0.29, 0.717) is 6.42 Å². The van der Waals surface area contributed by atoms with E-state index < -0.39 is 38.4 Å². The van der Waals surface area contributed by atoms with Crippen LogP contribution in [0.25, 0.3) is 0 Å². The Morgan fingerprint density at radius 1 is 0.929 bits per heavy atom. The summed E-state index contributed by atoms with van der Waals surface area (Å²) >= 11 is 0. The highest BCUT2D eigenvalue weighted by Gasteiger charge is 2.39. The van der Waals surface area contributed by atoms with Gasteiger partial charge in [0, 0.05) is 32.6 Å². The van der Waals surface area contributed by atoms with Crippen molar-refractivity contribution >= 4 is 15.9 Å². The lowest BCUT2D eigenvalue weighted by molar-refractivity contribution is -0.143. The van der Waals surface area contributed by atoms with Crippen molar-refractivity contribution in [2.75, 3.05) is 26.2 Å². The zero-order valence-corrected chi connectivity index (χ0v) is 15.6. The zero-order chi connectivity index (χ0) is 21.3. The predicted octanol–water partition coefficient (Wildman–Crippen LogP) is 3.36. The molecule has 1 amide bonds. The van der Waals surface area contributed by atoms with E-state index in [-0.39, 0.29) is 56.7 Å². The van der Waals surface area contributed by atoms with Gasteiger partial charge >= 0.3 is 12.4 Å². The predicted molar refractivity (Wildman–Crippen MR) is 86.7 cm³/mol. The van der Waals surface area contributed by atoms with Crippen molar-refractivity contribution in [1.29, 1.82) is 0 Å². The molecule has 0 aliphatic carbocycles. The zero-order valence-electron chi connectivity index (χ0n) is 14.8. The Kier molecular flexibility index (Phi) is 6.34. The number of carbonyl (C=O) groups is 1. The van der Waals surface area contributed by atoms with Crippen LogP contribution in [0, 0.1) is 0 Å². The number of piperazine rings is 1. The number of amides is 1. The van der Waals surface area contributed by atoms with Crippen molar-refractivity contribution in [3.05, 3.63) is 29.3 Å². The fraction of sp³-hybridized carbons (Fsp3) is 0.562. The van der Waals surface area contributed by atoms with Gasteiger partial charge in [-0.25, -0.2) is 8.42 Å². The summed E-state index contributed by atoms with van der Waals surface area (Å²) in [5.41, 5.74) is -3.39. The van der Waals surface area contributed by atoms with Crippen LogP contribution in [0.4, 0.5) is 26.3 Å². The first-order valence-electron chi connectivity index (χ1n) is 8.34. The molecule has 158 valence electrons. The molecule has 2 rings (SSSR count). The topological polar surface area (TPSA) is 57.7 Å². The SMILES string of the molecule is CCCC(=O)N1CCN(S(=O)(=O)c2cc(C(F)(F)F)cc(C(F)(F)F)c2)CC1. The average Bonchev–Trinajstić information content (AvgIpc) is 2.60. The summed E-state index contributed by atoms with van der Waals surface area (Å²) in [6.07, 6.45) is -9.41. The van der Waals surface area contributed by atoms with Crippen LogP contribution < -0.4 is 0 Å². The van der Waals surface area contributed by atoms with Crippen LogP contribution in [-0.2, 0) is 27.2 Å². The highest BCUT2D eigenvalue weighted by atomic mass is 32.2. The maximum Gasteiger partial charge on any atom is 0.416 e. The van der Waals surface area contributed by atoms with Gasteiger partial charge in [0.05, 0.1) is 16.0 Å². The van der Waals surface area contributed by atoms with Gasteiger partial charge in [0.1, 0.15) is 0 Å². The summed E-state index contributed by atoms with van der Waals surface area (Å²) in [6.45, 7) is 1.40. The molecule has 1 aliphatic heterocycles. The quantitative estimate of drug-likeness (QED) is 0.686. The molecule has 0 radical (unpaired) electrons. The third-order valence-corrected chi connectivity index (χ3v) is 6.13. The minimum atomic E-state index is -5.14. The highest BCUT2D eigenvalue weighted by Crippen LogP contribution is 2.37. The maximum absolute atomic E-state index is 13.0. The van der Waals surface area contributed by atoms with E-state index in [0.717, 1.165) is 4.31 Å². The summed E-state index contributed by atoms with van der Waals surface area (Å²) < 4.78 is 104. The van der Waals surface area contributed by atoms with Crippen LogP contribution in [0.2, 0.25) is 0 Å². The molecule has 0 N–H and O–H groups in total. The second kappa shape index (κ2) is 7.90. The van der Waals surface area contributed by atoms with Gasteiger partial charge in [0.15, 0.2) is 0 Å². The lowest BCUT2D eigenvalue weighted by Crippen LogP contribution is -2.50. The first-order valence-corrected chi connectivity index (χ1v) is 9.78. The monoisotopic (exact) mass is 432 g/mol. The van der Waals surface area contributed by atoms with E-state index in [1.54, 1.807) is 6.92 Å². The molecular formula is C16H18F6N2O3S. The fourth-order valence-corrected chi connectivity index (χ4v) is 4.27. The number of hydrogen-bond donors (Lipinski definition) is 0. The lowest BCUT2D eigenvalue weighted by atomic mass is 10.1. The van der Waals surface area contributed by atoms with Crippen molar-refractivity contribution in [2.24, 2.45) is 0 Å². The maximum atomic E-state index is 13.0. The standard InChI is InChI=1S/C16H18F6N2O3S/c1-2-3-14(25)23-4-6-24(7-5-23)28(26,27)13-9-11(15(17,18)19)8-12(10-13)16(20,21)22/h8-10H,2-7H2,1H3. The normalized spacial score (nSPS) is 17.0. The largest absolute Gasteiger partial charge is 0.416 e. The van der Waals surface area contributed by atoms with Crippen molar-refractivity contribution in [1.82, 2.24) is 9.21 Å². The van der Waals surface area contributed by atoms with Gasteiger partial charge in [0.25, 0.3) is 0 Å². The van der Waals surface area contributed by atoms with E-state index >= 15 is 0 Å². The van der Waals surface area contributed by atoms with Gasteiger partial charge in [0.2, 0.25) is 15.9 Å². The number of halogens is 6. The Labute approximate surface area is 158 Å². The third kappa shape index (κ3) is 4.96. The van der Waals surface area contributed by atoms with Crippen LogP contribution in [0.3, 0.4) is 0 Å². The molecule has 0 aromatic heterocycles. The van der Waals surface area contributed by atoms with E-state index in [9.17, 15) is 39.6 Å². The number of sulfonamides is 1. The number of hydrogen-bond acceptors (Lipinski definition) is 3. The van der Waals surface area contributed by atoms with Gasteiger partial charge in [-0.15, -0.1) is 0 Å². The molecular weight excluding hydrogens is 414 g/mol. The molecule has 12 heteroatoms. The number of carbonyl (C=O) groups excluding carboxylic acids is 1. The van der Waals surface area contributed by atoms with Crippen LogP contribution >= 0.6 is 0 Å². The Balaban J connectivity index is 2.34. The Hall–Kier alpha value is -1.82. The van der Waals surface area contributed by atoms with Gasteiger partial charge in [-0.1, -0.05) is 6.92 Å². The van der Waals surface area contributed by atoms with Gasteiger partial charge in [-0.2, -0.15) is 30.6 Å². The van der Waals surface area contributed by atoms with Gasteiger partial charge in [-0.05, 0) is 24.6 Å². The van der Waals surface area contributed by atoms with Crippen molar-refractivity contribution in [3.63, 3.8) is 0 Å². The first-order chi connectivity index (χ1) is 12.8. The molecule has 1 aliphatic rings. The van der Waals surface area contributed by atoms with Crippen molar-refractivity contribution in [2.45, 2.75) is 37.0 Å². The minimum absolute atomic E-state index is 0.0170. The molecule has 0 spiro atoms. The molecule has 1 aromatic rings. The van der Waals surface area contributed by atoms with Crippen LogP contribution in [0.1, 0.15) is 30.9 Å². The Morgan fingerprint density at radius 2 is 1.39 bits per heavy atom. The van der Waals surface area contributed by atoms with Crippen LogP contribution in [-0.4, -0.2) is 49.7 Å². The Morgan fingerprint density at radius 3 is 1.79 bits per heavy atom. The van der Waals surface area contributed by atoms with E-state index in [1.165, 1.54) is 4.90 Å².